The van der Waals surface area contributed by atoms with Crippen molar-refractivity contribution in [3.63, 3.8) is 0 Å². The van der Waals surface area contributed by atoms with Crippen LogP contribution in [-0.4, -0.2) is 35.7 Å². The zero-order valence-corrected chi connectivity index (χ0v) is 11.9. The van der Waals surface area contributed by atoms with Crippen LogP contribution >= 0.6 is 0 Å². The number of hydrogen-bond donors (Lipinski definition) is 1. The molecule has 98 valence electrons. The summed E-state index contributed by atoms with van der Waals surface area (Å²) >= 11 is 0. The summed E-state index contributed by atoms with van der Waals surface area (Å²) in [6.45, 7) is 10.9. The van der Waals surface area contributed by atoms with Gasteiger partial charge in [0.05, 0.1) is 5.54 Å². The van der Waals surface area contributed by atoms with E-state index in [1.807, 2.05) is 33.8 Å². The monoisotopic (exact) mass is 259 g/mol. The second kappa shape index (κ2) is 4.46. The Labute approximate surface area is 104 Å². The van der Waals surface area contributed by atoms with E-state index in [0.717, 1.165) is 17.8 Å². The van der Waals surface area contributed by atoms with Gasteiger partial charge in [0.2, 0.25) is 0 Å². The summed E-state index contributed by atoms with van der Waals surface area (Å²) in [5.41, 5.74) is 2.47. The molecule has 1 heterocycles. The number of hydrogen-bond acceptors (Lipinski definition) is 3. The molecule has 1 N–H and O–H groups in total. The van der Waals surface area contributed by atoms with E-state index in [1.165, 1.54) is 0 Å². The Morgan fingerprint density at radius 3 is 2.29 bits per heavy atom. The predicted molar refractivity (Wildman–Crippen MR) is 69.3 cm³/mol. The maximum absolute atomic E-state index is 11.0. The van der Waals surface area contributed by atoms with Crippen molar-refractivity contribution >= 4 is 10.1 Å². The zero-order chi connectivity index (χ0) is 13.4. The Morgan fingerprint density at radius 1 is 1.35 bits per heavy atom. The highest BCUT2D eigenvalue weighted by Gasteiger charge is 2.30. The van der Waals surface area contributed by atoms with Gasteiger partial charge in [0.15, 0.2) is 0 Å². The highest BCUT2D eigenvalue weighted by molar-refractivity contribution is 7.86. The van der Waals surface area contributed by atoms with Gasteiger partial charge in [-0.3, -0.25) is 4.55 Å². The molecule has 0 amide bonds. The van der Waals surface area contributed by atoms with Crippen molar-refractivity contribution in [2.24, 2.45) is 0 Å². The first-order chi connectivity index (χ1) is 7.58. The minimum atomic E-state index is -3.98. The summed E-state index contributed by atoms with van der Waals surface area (Å²) in [4.78, 5) is 2.22. The number of likely N-dealkylation sites (N-methyl/N-ethyl adjacent to an activating group) is 1. The van der Waals surface area contributed by atoms with Gasteiger partial charge in [0, 0.05) is 12.2 Å². The summed E-state index contributed by atoms with van der Waals surface area (Å²) in [7, 11) is -3.98. The molecular weight excluding hydrogens is 238 g/mol. The van der Waals surface area contributed by atoms with Crippen molar-refractivity contribution < 1.29 is 13.0 Å². The standard InChI is InChI=1S/C12H21NO3S/c1-6-13-10(3)9(2)11(7-12(13,4)5)8-17(14,15)16/h7H,6,8H2,1-5H3,(H,14,15,16). The Balaban J connectivity index is 3.21. The quantitative estimate of drug-likeness (QED) is 0.789. The molecule has 4 nitrogen and oxygen atoms in total. The molecule has 0 saturated carbocycles. The van der Waals surface area contributed by atoms with Crippen molar-refractivity contribution in [1.82, 2.24) is 4.90 Å². The molecule has 0 aromatic heterocycles. The third-order valence-electron chi connectivity index (χ3n) is 3.31. The van der Waals surface area contributed by atoms with E-state index in [9.17, 15) is 8.42 Å². The van der Waals surface area contributed by atoms with Crippen molar-refractivity contribution in [2.75, 3.05) is 12.3 Å². The lowest BCUT2D eigenvalue weighted by Crippen LogP contribution is -2.44. The van der Waals surface area contributed by atoms with Crippen LogP contribution in [0.5, 0.6) is 0 Å². The molecule has 0 radical (unpaired) electrons. The molecule has 0 saturated heterocycles. The summed E-state index contributed by atoms with van der Waals surface area (Å²) < 4.78 is 30.9. The average molecular weight is 259 g/mol. The molecule has 1 aliphatic heterocycles. The highest BCUT2D eigenvalue weighted by atomic mass is 32.2. The lowest BCUT2D eigenvalue weighted by atomic mass is 9.90. The second-order valence-corrected chi connectivity index (χ2v) is 6.46. The minimum Gasteiger partial charge on any atom is -0.367 e. The van der Waals surface area contributed by atoms with Crippen LogP contribution in [-0.2, 0) is 10.1 Å². The van der Waals surface area contributed by atoms with E-state index < -0.39 is 10.1 Å². The smallest absolute Gasteiger partial charge is 0.269 e. The summed E-state index contributed by atoms with van der Waals surface area (Å²) in [6, 6.07) is 0. The van der Waals surface area contributed by atoms with Crippen LogP contribution in [0.15, 0.2) is 22.9 Å². The molecule has 5 heteroatoms. The van der Waals surface area contributed by atoms with Crippen LogP contribution in [0, 0.1) is 0 Å². The molecular formula is C12H21NO3S. The molecule has 0 spiro atoms. The van der Waals surface area contributed by atoms with Gasteiger partial charge in [-0.25, -0.2) is 0 Å². The number of nitrogens with zero attached hydrogens (tertiary/aromatic N) is 1. The second-order valence-electron chi connectivity index (χ2n) is 5.00. The maximum Gasteiger partial charge on any atom is 0.269 e. The third-order valence-corrected chi connectivity index (χ3v) is 3.98. The summed E-state index contributed by atoms with van der Waals surface area (Å²) in [6.07, 6.45) is 1.92. The van der Waals surface area contributed by atoms with E-state index in [0.29, 0.717) is 5.57 Å². The molecule has 0 bridgehead atoms. The normalized spacial score (nSPS) is 20.6. The largest absolute Gasteiger partial charge is 0.367 e. The van der Waals surface area contributed by atoms with Crippen molar-refractivity contribution in [1.29, 1.82) is 0 Å². The molecule has 1 rings (SSSR count). The first-order valence-electron chi connectivity index (χ1n) is 5.71. The van der Waals surface area contributed by atoms with Gasteiger partial charge in [-0.1, -0.05) is 6.08 Å². The van der Waals surface area contributed by atoms with Crippen molar-refractivity contribution in [2.45, 2.75) is 40.2 Å². The van der Waals surface area contributed by atoms with Gasteiger partial charge in [0.25, 0.3) is 10.1 Å². The number of rotatable bonds is 3. The summed E-state index contributed by atoms with van der Waals surface area (Å²) in [5, 5.41) is 0. The van der Waals surface area contributed by atoms with Crippen molar-refractivity contribution in [3.05, 3.63) is 22.9 Å². The highest BCUT2D eigenvalue weighted by Crippen LogP contribution is 2.33. The summed E-state index contributed by atoms with van der Waals surface area (Å²) in [5.74, 6) is -0.308. The van der Waals surface area contributed by atoms with Crippen LogP contribution < -0.4 is 0 Å². The van der Waals surface area contributed by atoms with Crippen LogP contribution in [0.25, 0.3) is 0 Å². The van der Waals surface area contributed by atoms with Gasteiger partial charge in [-0.05, 0) is 45.8 Å². The molecule has 0 aromatic rings. The Morgan fingerprint density at radius 2 is 1.88 bits per heavy atom. The van der Waals surface area contributed by atoms with E-state index in [-0.39, 0.29) is 11.3 Å². The first-order valence-corrected chi connectivity index (χ1v) is 7.32. The Hall–Kier alpha value is -0.810. The molecule has 17 heavy (non-hydrogen) atoms. The zero-order valence-electron chi connectivity index (χ0n) is 11.1. The first kappa shape index (κ1) is 14.3. The fourth-order valence-corrected chi connectivity index (χ4v) is 3.16. The van der Waals surface area contributed by atoms with Crippen LogP contribution in [0.4, 0.5) is 0 Å². The van der Waals surface area contributed by atoms with Crippen LogP contribution in [0.1, 0.15) is 34.6 Å². The van der Waals surface area contributed by atoms with Gasteiger partial charge < -0.3 is 4.90 Å². The molecule has 0 fully saturated rings. The van der Waals surface area contributed by atoms with E-state index >= 15 is 0 Å². The van der Waals surface area contributed by atoms with Gasteiger partial charge in [0.1, 0.15) is 5.75 Å². The number of allylic oxidation sites excluding steroid dienone is 2. The average Bonchev–Trinajstić information content (AvgIpc) is 2.11. The molecule has 0 atom stereocenters. The van der Waals surface area contributed by atoms with E-state index in [1.54, 1.807) is 0 Å². The van der Waals surface area contributed by atoms with Gasteiger partial charge in [-0.15, -0.1) is 0 Å². The topological polar surface area (TPSA) is 57.6 Å². The maximum atomic E-state index is 11.0. The van der Waals surface area contributed by atoms with E-state index in [4.69, 9.17) is 4.55 Å². The fourth-order valence-electron chi connectivity index (χ4n) is 2.47. The van der Waals surface area contributed by atoms with E-state index in [2.05, 4.69) is 11.8 Å². The molecule has 0 unspecified atom stereocenters. The Bertz CT molecular complexity index is 472. The lowest BCUT2D eigenvalue weighted by molar-refractivity contribution is 0.217. The lowest BCUT2D eigenvalue weighted by Gasteiger charge is -2.43. The van der Waals surface area contributed by atoms with Gasteiger partial charge in [-0.2, -0.15) is 8.42 Å². The minimum absolute atomic E-state index is 0.224. The predicted octanol–water partition coefficient (Wildman–Crippen LogP) is 2.21. The molecule has 0 aliphatic carbocycles. The van der Waals surface area contributed by atoms with Crippen LogP contribution in [0.3, 0.4) is 0 Å². The van der Waals surface area contributed by atoms with Crippen LogP contribution in [0.2, 0.25) is 0 Å². The molecule has 1 aliphatic rings. The molecule has 0 aromatic carbocycles. The van der Waals surface area contributed by atoms with Crippen molar-refractivity contribution in [3.8, 4) is 0 Å². The fraction of sp³-hybridized carbons (Fsp3) is 0.667. The SMILES string of the molecule is CCN1C(C)=C(C)C(CS(=O)(=O)O)=CC1(C)C. The Kier molecular flexibility index (Phi) is 3.74. The third kappa shape index (κ3) is 3.10. The van der Waals surface area contributed by atoms with Gasteiger partial charge >= 0.3 is 0 Å².